The zero-order chi connectivity index (χ0) is 47.9. The topological polar surface area (TPSA) is 78.9 Å². The molecule has 0 amide bonds. The van der Waals surface area contributed by atoms with Crippen LogP contribution in [-0.4, -0.2) is 37.2 Å². The molecule has 0 fully saturated rings. The standard InChI is InChI=1S/C60H104O6/c1-4-7-10-13-16-19-22-25-28-30-33-35-38-41-44-47-50-53-59(62)65-56-57(55-64-58(61)52-49-46-43-40-37-34-31-27-24-21-18-15-12-9-6-3)66-60(63)54-51-48-45-42-39-36-32-29-26-23-20-17-14-11-8-5-2/h9,12,15,18,21,24-25,27-29,31-32,57H,4-8,10-11,13-14,16-17,19-20,22-23,26,30,33-56H2,1-3H3/b12-9-,18-15-,24-21-,28-25-,31-27-,32-29-. The number of carbonyl (C=O) groups excluding carboxylic acids is 3. The summed E-state index contributed by atoms with van der Waals surface area (Å²) in [4.78, 5) is 38.1. The van der Waals surface area contributed by atoms with Crippen LogP contribution in [0.4, 0.5) is 0 Å². The van der Waals surface area contributed by atoms with Crippen LogP contribution in [0, 0.1) is 0 Å². The molecule has 6 nitrogen and oxygen atoms in total. The van der Waals surface area contributed by atoms with Gasteiger partial charge in [0.05, 0.1) is 0 Å². The number of hydrogen-bond acceptors (Lipinski definition) is 6. The maximum absolute atomic E-state index is 12.8. The van der Waals surface area contributed by atoms with Gasteiger partial charge in [0, 0.05) is 19.3 Å². The van der Waals surface area contributed by atoms with Crippen LogP contribution < -0.4 is 0 Å². The summed E-state index contributed by atoms with van der Waals surface area (Å²) in [6, 6.07) is 0. The predicted molar refractivity (Wildman–Crippen MR) is 284 cm³/mol. The second-order valence-electron chi connectivity index (χ2n) is 18.5. The Morgan fingerprint density at radius 1 is 0.318 bits per heavy atom. The van der Waals surface area contributed by atoms with Crippen molar-refractivity contribution in [2.45, 2.75) is 277 Å². The van der Waals surface area contributed by atoms with E-state index in [0.717, 1.165) is 96.3 Å². The van der Waals surface area contributed by atoms with Gasteiger partial charge >= 0.3 is 17.9 Å². The predicted octanol–water partition coefficient (Wildman–Crippen LogP) is 18.6. The molecule has 0 aromatic rings. The number of esters is 3. The van der Waals surface area contributed by atoms with Crippen molar-refractivity contribution in [1.29, 1.82) is 0 Å². The molecule has 0 rings (SSSR count). The van der Waals surface area contributed by atoms with Crippen molar-refractivity contribution < 1.29 is 28.6 Å². The van der Waals surface area contributed by atoms with E-state index < -0.39 is 6.10 Å². The highest BCUT2D eigenvalue weighted by Gasteiger charge is 2.19. The zero-order valence-corrected chi connectivity index (χ0v) is 43.4. The fourth-order valence-corrected chi connectivity index (χ4v) is 7.80. The average Bonchev–Trinajstić information content (AvgIpc) is 3.31. The molecule has 1 unspecified atom stereocenters. The van der Waals surface area contributed by atoms with Gasteiger partial charge in [0.1, 0.15) is 13.2 Å². The minimum absolute atomic E-state index is 0.0883. The minimum Gasteiger partial charge on any atom is -0.462 e. The Kier molecular flexibility index (Phi) is 51.9. The van der Waals surface area contributed by atoms with Gasteiger partial charge in [-0.1, -0.05) is 235 Å². The van der Waals surface area contributed by atoms with Crippen molar-refractivity contribution in [1.82, 2.24) is 0 Å². The zero-order valence-electron chi connectivity index (χ0n) is 43.4. The van der Waals surface area contributed by atoms with Crippen molar-refractivity contribution in [3.8, 4) is 0 Å². The third-order valence-corrected chi connectivity index (χ3v) is 12.0. The first kappa shape index (κ1) is 62.8. The van der Waals surface area contributed by atoms with E-state index in [2.05, 4.69) is 75.5 Å². The molecule has 66 heavy (non-hydrogen) atoms. The summed E-state index contributed by atoms with van der Waals surface area (Å²) in [5.74, 6) is -0.918. The van der Waals surface area contributed by atoms with Gasteiger partial charge in [-0.3, -0.25) is 14.4 Å². The molecule has 1 atom stereocenters. The van der Waals surface area contributed by atoms with Crippen molar-refractivity contribution >= 4 is 17.9 Å². The number of ether oxygens (including phenoxy) is 3. The van der Waals surface area contributed by atoms with E-state index >= 15 is 0 Å². The Labute approximate surface area is 408 Å². The molecule has 0 spiro atoms. The SMILES string of the molecule is CC\C=C/C=C\C=C/C=C\CCCCCCCC(=O)OCC(COC(=O)CCCCCCCCC/C=C\CCCCCCCC)OC(=O)CCCCCCC/C=C\CCCCCCCCC. The fourth-order valence-electron chi connectivity index (χ4n) is 7.80. The summed E-state index contributed by atoms with van der Waals surface area (Å²) in [6.45, 7) is 6.48. The highest BCUT2D eigenvalue weighted by molar-refractivity contribution is 5.71. The summed E-state index contributed by atoms with van der Waals surface area (Å²) in [5.41, 5.74) is 0. The van der Waals surface area contributed by atoms with Crippen molar-refractivity contribution in [2.75, 3.05) is 13.2 Å². The molecule has 0 aliphatic rings. The Morgan fingerprint density at radius 3 is 0.970 bits per heavy atom. The van der Waals surface area contributed by atoms with Gasteiger partial charge in [0.2, 0.25) is 0 Å². The van der Waals surface area contributed by atoms with Crippen LogP contribution in [0.3, 0.4) is 0 Å². The van der Waals surface area contributed by atoms with Crippen LogP contribution in [0.1, 0.15) is 271 Å². The highest BCUT2D eigenvalue weighted by Crippen LogP contribution is 2.15. The lowest BCUT2D eigenvalue weighted by Gasteiger charge is -2.18. The van der Waals surface area contributed by atoms with Crippen molar-refractivity contribution in [3.05, 3.63) is 72.9 Å². The van der Waals surface area contributed by atoms with Gasteiger partial charge in [-0.25, -0.2) is 0 Å². The fraction of sp³-hybridized carbons (Fsp3) is 0.750. The molecule has 6 heteroatoms. The third-order valence-electron chi connectivity index (χ3n) is 12.0. The lowest BCUT2D eigenvalue weighted by Crippen LogP contribution is -2.30. The number of unbranched alkanes of at least 4 members (excludes halogenated alkanes) is 30. The van der Waals surface area contributed by atoms with E-state index in [1.165, 1.54) is 135 Å². The Bertz CT molecular complexity index is 1240. The molecule has 0 aromatic carbocycles. The van der Waals surface area contributed by atoms with Crippen LogP contribution in [0.15, 0.2) is 72.9 Å². The minimum atomic E-state index is -0.791. The first-order chi connectivity index (χ1) is 32.5. The van der Waals surface area contributed by atoms with Crippen molar-refractivity contribution in [3.63, 3.8) is 0 Å². The molecular formula is C60H104O6. The maximum Gasteiger partial charge on any atom is 0.306 e. The Hall–Kier alpha value is -3.15. The normalized spacial score (nSPS) is 12.6. The quantitative estimate of drug-likeness (QED) is 0.0199. The summed E-state index contributed by atoms with van der Waals surface area (Å²) in [7, 11) is 0. The summed E-state index contributed by atoms with van der Waals surface area (Å²) < 4.78 is 16.8. The van der Waals surface area contributed by atoms with Gasteiger partial charge < -0.3 is 14.2 Å². The number of hydrogen-bond donors (Lipinski definition) is 0. The molecule has 0 radical (unpaired) electrons. The summed E-state index contributed by atoms with van der Waals surface area (Å²) in [6.07, 6.45) is 68.8. The van der Waals surface area contributed by atoms with Gasteiger partial charge in [-0.2, -0.15) is 0 Å². The number of allylic oxidation sites excluding steroid dienone is 12. The molecule has 0 aliphatic heterocycles. The second-order valence-corrected chi connectivity index (χ2v) is 18.5. The molecule has 0 bridgehead atoms. The molecule has 0 N–H and O–H groups in total. The first-order valence-electron chi connectivity index (χ1n) is 28.0. The van der Waals surface area contributed by atoms with Gasteiger partial charge in [-0.05, 0) is 89.9 Å². The third kappa shape index (κ3) is 51.8. The van der Waals surface area contributed by atoms with Gasteiger partial charge in [0.25, 0.3) is 0 Å². The van der Waals surface area contributed by atoms with E-state index in [9.17, 15) is 14.4 Å². The molecular weight excluding hydrogens is 817 g/mol. The van der Waals surface area contributed by atoms with Gasteiger partial charge in [-0.15, -0.1) is 0 Å². The van der Waals surface area contributed by atoms with E-state index in [0.29, 0.717) is 19.3 Å². The number of carbonyl (C=O) groups is 3. The van der Waals surface area contributed by atoms with Crippen LogP contribution in [0.25, 0.3) is 0 Å². The van der Waals surface area contributed by atoms with Crippen LogP contribution in [0.5, 0.6) is 0 Å². The van der Waals surface area contributed by atoms with Crippen LogP contribution in [-0.2, 0) is 28.6 Å². The lowest BCUT2D eigenvalue weighted by molar-refractivity contribution is -0.167. The van der Waals surface area contributed by atoms with Gasteiger partial charge in [0.15, 0.2) is 6.10 Å². The van der Waals surface area contributed by atoms with Crippen molar-refractivity contribution in [2.24, 2.45) is 0 Å². The Morgan fingerprint density at radius 2 is 0.606 bits per heavy atom. The van der Waals surface area contributed by atoms with E-state index in [-0.39, 0.29) is 31.1 Å². The number of rotatable bonds is 50. The monoisotopic (exact) mass is 921 g/mol. The molecule has 0 heterocycles. The molecule has 380 valence electrons. The highest BCUT2D eigenvalue weighted by atomic mass is 16.6. The molecule has 0 saturated heterocycles. The molecule has 0 saturated carbocycles. The Balaban J connectivity index is 4.43. The molecule has 0 aromatic heterocycles. The van der Waals surface area contributed by atoms with Crippen LogP contribution in [0.2, 0.25) is 0 Å². The first-order valence-corrected chi connectivity index (χ1v) is 28.0. The van der Waals surface area contributed by atoms with Crippen LogP contribution >= 0.6 is 0 Å². The summed E-state index contributed by atoms with van der Waals surface area (Å²) in [5, 5.41) is 0. The largest absolute Gasteiger partial charge is 0.462 e. The smallest absolute Gasteiger partial charge is 0.306 e. The molecule has 0 aliphatic carbocycles. The van der Waals surface area contributed by atoms with E-state index in [1.807, 2.05) is 18.2 Å². The second kappa shape index (κ2) is 54.5. The summed E-state index contributed by atoms with van der Waals surface area (Å²) >= 11 is 0. The maximum atomic E-state index is 12.8. The van der Waals surface area contributed by atoms with E-state index in [1.54, 1.807) is 0 Å². The van der Waals surface area contributed by atoms with E-state index in [4.69, 9.17) is 14.2 Å². The lowest BCUT2D eigenvalue weighted by atomic mass is 10.1. The average molecular weight is 921 g/mol.